The van der Waals surface area contributed by atoms with Gasteiger partial charge in [-0.3, -0.25) is 4.21 Å². The van der Waals surface area contributed by atoms with Crippen LogP contribution in [0.4, 0.5) is 0 Å². The number of fused-ring (bicyclic) bond motifs is 1. The molecular formula is C13H17ClO4S. The van der Waals surface area contributed by atoms with Crippen molar-refractivity contribution in [1.29, 1.82) is 0 Å². The molecule has 1 unspecified atom stereocenters. The molecule has 0 bridgehead atoms. The summed E-state index contributed by atoms with van der Waals surface area (Å²) in [5.74, 6) is 2.08. The molecular weight excluding hydrogens is 288 g/mol. The van der Waals surface area contributed by atoms with Gasteiger partial charge in [0.2, 0.25) is 0 Å². The Labute approximate surface area is 120 Å². The van der Waals surface area contributed by atoms with Crippen LogP contribution in [0.3, 0.4) is 0 Å². The van der Waals surface area contributed by atoms with Gasteiger partial charge in [-0.15, -0.1) is 0 Å². The van der Waals surface area contributed by atoms with Crippen LogP contribution in [0, 0.1) is 0 Å². The summed E-state index contributed by atoms with van der Waals surface area (Å²) in [5, 5.41) is 9.25. The molecule has 19 heavy (non-hydrogen) atoms. The van der Waals surface area contributed by atoms with Crippen LogP contribution >= 0.6 is 11.6 Å². The van der Waals surface area contributed by atoms with E-state index in [0.717, 1.165) is 12.0 Å². The molecule has 0 aromatic heterocycles. The van der Waals surface area contributed by atoms with Crippen molar-refractivity contribution in [3.8, 4) is 11.5 Å². The fraction of sp³-hybridized carbons (Fsp3) is 0.538. The zero-order chi connectivity index (χ0) is 13.7. The van der Waals surface area contributed by atoms with E-state index in [9.17, 15) is 4.21 Å². The van der Waals surface area contributed by atoms with E-state index in [2.05, 4.69) is 0 Å². The van der Waals surface area contributed by atoms with E-state index >= 15 is 0 Å². The molecule has 4 nitrogen and oxygen atoms in total. The Kier molecular flexibility index (Phi) is 5.48. The van der Waals surface area contributed by atoms with E-state index in [1.807, 2.05) is 12.1 Å². The third kappa shape index (κ3) is 4.09. The topological polar surface area (TPSA) is 55.8 Å². The minimum atomic E-state index is -0.997. The lowest BCUT2D eigenvalue weighted by Gasteiger charge is -2.11. The largest absolute Gasteiger partial charge is 0.489 e. The average Bonchev–Trinajstić information content (AvgIpc) is 2.62. The Hall–Kier alpha value is -0.780. The van der Waals surface area contributed by atoms with Gasteiger partial charge in [-0.1, -0.05) is 11.6 Å². The van der Waals surface area contributed by atoms with Crippen LogP contribution in [0.5, 0.6) is 11.5 Å². The highest BCUT2D eigenvalue weighted by Crippen LogP contribution is 2.38. The Bertz CT molecular complexity index is 464. The lowest BCUT2D eigenvalue weighted by molar-refractivity contribution is 0.297. The van der Waals surface area contributed by atoms with Gasteiger partial charge in [-0.2, -0.15) is 0 Å². The van der Waals surface area contributed by atoms with Crippen molar-refractivity contribution in [1.82, 2.24) is 0 Å². The lowest BCUT2D eigenvalue weighted by Crippen LogP contribution is -2.08. The zero-order valence-electron chi connectivity index (χ0n) is 10.6. The highest BCUT2D eigenvalue weighted by molar-refractivity contribution is 7.84. The second-order valence-electron chi connectivity index (χ2n) is 4.28. The number of ether oxygens (including phenoxy) is 2. The first kappa shape index (κ1) is 14.6. The van der Waals surface area contributed by atoms with Crippen molar-refractivity contribution in [3.63, 3.8) is 0 Å². The summed E-state index contributed by atoms with van der Waals surface area (Å²) in [6, 6.07) is 3.72. The maximum atomic E-state index is 11.5. The van der Waals surface area contributed by atoms with Gasteiger partial charge in [0.25, 0.3) is 0 Å². The lowest BCUT2D eigenvalue weighted by atomic mass is 10.1. The summed E-state index contributed by atoms with van der Waals surface area (Å²) < 4.78 is 22.7. The SMILES string of the molecule is O=S(CCO)CCc1cc(Cl)c2c(c1)OCCCO2. The number of aliphatic hydroxyl groups excluding tert-OH is 1. The first-order valence-corrected chi connectivity index (χ1v) is 8.11. The van der Waals surface area contributed by atoms with Crippen LogP contribution in [-0.4, -0.2) is 40.6 Å². The Morgan fingerprint density at radius 2 is 2.05 bits per heavy atom. The summed E-state index contributed by atoms with van der Waals surface area (Å²) in [5.41, 5.74) is 0.973. The van der Waals surface area contributed by atoms with E-state index in [1.54, 1.807) is 0 Å². The maximum Gasteiger partial charge on any atom is 0.179 e. The van der Waals surface area contributed by atoms with Gasteiger partial charge >= 0.3 is 0 Å². The Morgan fingerprint density at radius 3 is 2.84 bits per heavy atom. The quantitative estimate of drug-likeness (QED) is 0.901. The van der Waals surface area contributed by atoms with E-state index in [-0.39, 0.29) is 6.61 Å². The molecule has 106 valence electrons. The summed E-state index contributed by atoms with van der Waals surface area (Å²) >= 11 is 6.18. The van der Waals surface area contributed by atoms with Crippen molar-refractivity contribution < 1.29 is 18.8 Å². The molecule has 0 saturated heterocycles. The maximum absolute atomic E-state index is 11.5. The molecule has 1 atom stereocenters. The number of benzene rings is 1. The Morgan fingerprint density at radius 1 is 1.26 bits per heavy atom. The average molecular weight is 305 g/mol. The summed E-state index contributed by atoms with van der Waals surface area (Å²) in [6.45, 7) is 1.17. The molecule has 1 aromatic carbocycles. The van der Waals surface area contributed by atoms with Gasteiger partial charge in [0.05, 0.1) is 24.8 Å². The van der Waals surface area contributed by atoms with E-state index in [1.165, 1.54) is 0 Å². The van der Waals surface area contributed by atoms with Crippen molar-refractivity contribution in [2.75, 3.05) is 31.3 Å². The molecule has 0 aliphatic carbocycles. The first-order chi connectivity index (χ1) is 9.20. The van der Waals surface area contributed by atoms with E-state index in [0.29, 0.717) is 47.7 Å². The number of halogens is 1. The van der Waals surface area contributed by atoms with Gasteiger partial charge < -0.3 is 14.6 Å². The molecule has 1 N–H and O–H groups in total. The smallest absolute Gasteiger partial charge is 0.179 e. The molecule has 6 heteroatoms. The predicted octanol–water partition coefficient (Wildman–Crippen LogP) is 1.78. The number of hydrogen-bond donors (Lipinski definition) is 1. The zero-order valence-corrected chi connectivity index (χ0v) is 12.1. The number of aryl methyl sites for hydroxylation is 1. The van der Waals surface area contributed by atoms with Crippen molar-refractivity contribution in [2.24, 2.45) is 0 Å². The molecule has 0 saturated carbocycles. The highest BCUT2D eigenvalue weighted by Gasteiger charge is 2.15. The van der Waals surface area contributed by atoms with Gasteiger partial charge in [0.15, 0.2) is 11.5 Å². The normalized spacial score (nSPS) is 15.9. The third-order valence-electron chi connectivity index (χ3n) is 2.80. The number of rotatable bonds is 5. The monoisotopic (exact) mass is 304 g/mol. The van der Waals surface area contributed by atoms with Crippen molar-refractivity contribution in [2.45, 2.75) is 12.8 Å². The molecule has 0 radical (unpaired) electrons. The van der Waals surface area contributed by atoms with Gasteiger partial charge in [0.1, 0.15) is 0 Å². The molecule has 1 aromatic rings. The van der Waals surface area contributed by atoms with Crippen LogP contribution in [0.1, 0.15) is 12.0 Å². The second kappa shape index (κ2) is 7.12. The number of hydrogen-bond acceptors (Lipinski definition) is 4. The minimum Gasteiger partial charge on any atom is -0.489 e. The van der Waals surface area contributed by atoms with Gasteiger partial charge in [-0.25, -0.2) is 0 Å². The minimum absolute atomic E-state index is 0.0471. The van der Waals surface area contributed by atoms with E-state index < -0.39 is 10.8 Å². The first-order valence-electron chi connectivity index (χ1n) is 6.24. The second-order valence-corrected chi connectivity index (χ2v) is 6.38. The van der Waals surface area contributed by atoms with E-state index in [4.69, 9.17) is 26.2 Å². The van der Waals surface area contributed by atoms with Crippen LogP contribution < -0.4 is 9.47 Å². The summed E-state index contributed by atoms with van der Waals surface area (Å²) in [7, 11) is -0.997. The molecule has 2 rings (SSSR count). The number of aliphatic hydroxyl groups is 1. The predicted molar refractivity (Wildman–Crippen MR) is 75.7 cm³/mol. The fourth-order valence-electron chi connectivity index (χ4n) is 1.86. The highest BCUT2D eigenvalue weighted by atomic mass is 35.5. The molecule has 0 spiro atoms. The molecule has 0 fully saturated rings. The van der Waals surface area contributed by atoms with Gasteiger partial charge in [-0.05, 0) is 24.1 Å². The molecule has 1 aliphatic heterocycles. The standard InChI is InChI=1S/C13H17ClO4S/c14-11-8-10(2-6-19(16)7-3-15)9-12-13(11)18-5-1-4-17-12/h8-9,15H,1-7H2. The molecule has 0 amide bonds. The van der Waals surface area contributed by atoms with Crippen LogP contribution in [0.2, 0.25) is 5.02 Å². The molecule has 1 heterocycles. The van der Waals surface area contributed by atoms with Crippen LogP contribution in [0.25, 0.3) is 0 Å². The van der Waals surface area contributed by atoms with Crippen molar-refractivity contribution in [3.05, 3.63) is 22.7 Å². The van der Waals surface area contributed by atoms with Crippen LogP contribution in [0.15, 0.2) is 12.1 Å². The van der Waals surface area contributed by atoms with Crippen molar-refractivity contribution >= 4 is 22.4 Å². The molecule has 1 aliphatic rings. The Balaban J connectivity index is 2.08. The summed E-state index contributed by atoms with van der Waals surface area (Å²) in [4.78, 5) is 0. The summed E-state index contributed by atoms with van der Waals surface area (Å²) in [6.07, 6.45) is 1.48. The fourth-order valence-corrected chi connectivity index (χ4v) is 3.02. The van der Waals surface area contributed by atoms with Crippen LogP contribution in [-0.2, 0) is 17.2 Å². The van der Waals surface area contributed by atoms with Gasteiger partial charge in [0, 0.05) is 28.7 Å². The third-order valence-corrected chi connectivity index (χ3v) is 4.38.